The van der Waals surface area contributed by atoms with Crippen LogP contribution in [0.4, 0.5) is 5.69 Å². The quantitative estimate of drug-likeness (QED) is 0.891. The van der Waals surface area contributed by atoms with Gasteiger partial charge in [-0.3, -0.25) is 4.79 Å². The van der Waals surface area contributed by atoms with Gasteiger partial charge in [-0.05, 0) is 36.1 Å². The van der Waals surface area contributed by atoms with E-state index in [0.29, 0.717) is 23.8 Å². The van der Waals surface area contributed by atoms with Crippen LogP contribution in [-0.4, -0.2) is 26.6 Å². The number of amides is 1. The predicted molar refractivity (Wildman–Crippen MR) is 87.4 cm³/mol. The van der Waals surface area contributed by atoms with Crippen LogP contribution in [0.1, 0.15) is 22.2 Å². The fourth-order valence-corrected chi connectivity index (χ4v) is 2.66. The molecule has 5 heteroatoms. The maximum absolute atomic E-state index is 12.2. The summed E-state index contributed by atoms with van der Waals surface area (Å²) in [5.41, 5.74) is 2.21. The van der Waals surface area contributed by atoms with E-state index >= 15 is 0 Å². The highest BCUT2D eigenvalue weighted by atomic mass is 32.1. The summed E-state index contributed by atoms with van der Waals surface area (Å²) in [6, 6.07) is 9.95. The molecule has 0 saturated carbocycles. The third-order valence-electron chi connectivity index (χ3n) is 3.04. The molecule has 112 valence electrons. The molecule has 0 atom stereocenters. The lowest BCUT2D eigenvalue weighted by Crippen LogP contribution is -2.22. The van der Waals surface area contributed by atoms with Crippen LogP contribution in [0.25, 0.3) is 0 Å². The molecule has 0 spiro atoms. The number of carbonyl (C=O) groups excluding carboxylic acids is 1. The molecule has 1 heterocycles. The number of hydrogen-bond acceptors (Lipinski definition) is 4. The van der Waals surface area contributed by atoms with Gasteiger partial charge in [0.25, 0.3) is 5.91 Å². The van der Waals surface area contributed by atoms with Crippen molar-refractivity contribution in [2.24, 2.45) is 0 Å². The average Bonchev–Trinajstić information content (AvgIpc) is 2.94. The third-order valence-corrected chi connectivity index (χ3v) is 3.94. The monoisotopic (exact) mass is 304 g/mol. The first-order valence-corrected chi connectivity index (χ1v) is 7.74. The number of rotatable bonds is 6. The normalized spacial score (nSPS) is 10.2. The molecule has 21 heavy (non-hydrogen) atoms. The summed E-state index contributed by atoms with van der Waals surface area (Å²) in [5.74, 6) is 0.563. The minimum Gasteiger partial charge on any atom is -0.492 e. The van der Waals surface area contributed by atoms with Crippen molar-refractivity contribution in [3.63, 3.8) is 0 Å². The number of nitrogens with one attached hydrogen (secondary N) is 1. The van der Waals surface area contributed by atoms with E-state index in [1.807, 2.05) is 61.6 Å². The van der Waals surface area contributed by atoms with Crippen LogP contribution in [0, 0.1) is 0 Å². The molecule has 0 bridgehead atoms. The minimum absolute atomic E-state index is 0.0925. The van der Waals surface area contributed by atoms with Gasteiger partial charge in [0, 0.05) is 26.3 Å². The van der Waals surface area contributed by atoms with E-state index in [2.05, 4.69) is 5.32 Å². The van der Waals surface area contributed by atoms with Gasteiger partial charge in [0.05, 0.1) is 6.61 Å². The molecule has 1 aromatic heterocycles. The lowest BCUT2D eigenvalue weighted by atomic mass is 10.2. The van der Waals surface area contributed by atoms with Gasteiger partial charge in [-0.15, -0.1) is 11.3 Å². The second-order valence-corrected chi connectivity index (χ2v) is 5.71. The second-order valence-electron chi connectivity index (χ2n) is 4.79. The summed E-state index contributed by atoms with van der Waals surface area (Å²) in [5, 5.41) is 4.79. The van der Waals surface area contributed by atoms with Gasteiger partial charge in [0.1, 0.15) is 10.6 Å². The van der Waals surface area contributed by atoms with Crippen molar-refractivity contribution in [3.8, 4) is 5.75 Å². The van der Waals surface area contributed by atoms with E-state index in [9.17, 15) is 4.79 Å². The van der Waals surface area contributed by atoms with E-state index < -0.39 is 0 Å². The molecule has 0 aliphatic carbocycles. The van der Waals surface area contributed by atoms with E-state index in [4.69, 9.17) is 4.74 Å². The zero-order valence-corrected chi connectivity index (χ0v) is 13.4. The standard InChI is InChI=1S/C16H20N2O2S/c1-4-20-14-9-10-21-15(14)16(19)17-11-12-5-7-13(8-6-12)18(2)3/h5-10H,4,11H2,1-3H3,(H,17,19). The Morgan fingerprint density at radius 3 is 2.57 bits per heavy atom. The zero-order valence-electron chi connectivity index (χ0n) is 12.6. The van der Waals surface area contributed by atoms with Gasteiger partial charge in [-0.1, -0.05) is 12.1 Å². The summed E-state index contributed by atoms with van der Waals surface area (Å²) in [6.45, 7) is 2.98. The zero-order chi connectivity index (χ0) is 15.2. The van der Waals surface area contributed by atoms with Crippen LogP contribution in [0.5, 0.6) is 5.75 Å². The Balaban J connectivity index is 1.96. The molecule has 4 nitrogen and oxygen atoms in total. The average molecular weight is 304 g/mol. The second kappa shape index (κ2) is 7.13. The van der Waals surface area contributed by atoms with E-state index in [-0.39, 0.29) is 5.91 Å². The highest BCUT2D eigenvalue weighted by molar-refractivity contribution is 7.12. The number of anilines is 1. The van der Waals surface area contributed by atoms with Crippen molar-refractivity contribution in [1.29, 1.82) is 0 Å². The van der Waals surface area contributed by atoms with E-state index in [1.54, 1.807) is 0 Å². The molecule has 1 amide bonds. The van der Waals surface area contributed by atoms with Crippen LogP contribution in [0.3, 0.4) is 0 Å². The number of thiophene rings is 1. The summed E-state index contributed by atoms with van der Waals surface area (Å²) in [7, 11) is 4.01. The third kappa shape index (κ3) is 3.98. The molecule has 1 N–H and O–H groups in total. The number of hydrogen-bond donors (Lipinski definition) is 1. The maximum Gasteiger partial charge on any atom is 0.265 e. The Kier molecular flexibility index (Phi) is 5.22. The summed E-state index contributed by atoms with van der Waals surface area (Å²) < 4.78 is 5.44. The van der Waals surface area contributed by atoms with E-state index in [0.717, 1.165) is 11.3 Å². The van der Waals surface area contributed by atoms with Crippen LogP contribution in [0.2, 0.25) is 0 Å². The predicted octanol–water partition coefficient (Wildman–Crippen LogP) is 3.14. The summed E-state index contributed by atoms with van der Waals surface area (Å²) >= 11 is 1.40. The fourth-order valence-electron chi connectivity index (χ4n) is 1.91. The van der Waals surface area contributed by atoms with Crippen molar-refractivity contribution >= 4 is 22.9 Å². The smallest absolute Gasteiger partial charge is 0.265 e. The molecule has 0 fully saturated rings. The molecule has 0 unspecified atom stereocenters. The Labute approximate surface area is 129 Å². The molecule has 0 radical (unpaired) electrons. The first kappa shape index (κ1) is 15.4. The molecule has 2 rings (SSSR count). The first-order valence-electron chi connectivity index (χ1n) is 6.86. The van der Waals surface area contributed by atoms with Crippen molar-refractivity contribution in [1.82, 2.24) is 5.32 Å². The van der Waals surface area contributed by atoms with Gasteiger partial charge in [0.15, 0.2) is 0 Å². The largest absolute Gasteiger partial charge is 0.492 e. The van der Waals surface area contributed by atoms with Crippen molar-refractivity contribution in [2.75, 3.05) is 25.6 Å². The molecule has 2 aromatic rings. The van der Waals surface area contributed by atoms with Gasteiger partial charge in [0.2, 0.25) is 0 Å². The Morgan fingerprint density at radius 2 is 1.95 bits per heavy atom. The summed E-state index contributed by atoms with van der Waals surface area (Å²) in [4.78, 5) is 14.8. The molecule has 0 saturated heterocycles. The van der Waals surface area contributed by atoms with Gasteiger partial charge >= 0.3 is 0 Å². The van der Waals surface area contributed by atoms with Crippen molar-refractivity contribution < 1.29 is 9.53 Å². The Hall–Kier alpha value is -2.01. The lowest BCUT2D eigenvalue weighted by Gasteiger charge is -2.13. The number of ether oxygens (including phenoxy) is 1. The lowest BCUT2D eigenvalue weighted by molar-refractivity contribution is 0.0951. The molecule has 0 aliphatic heterocycles. The van der Waals surface area contributed by atoms with Crippen LogP contribution >= 0.6 is 11.3 Å². The molecular weight excluding hydrogens is 284 g/mol. The maximum atomic E-state index is 12.2. The number of benzene rings is 1. The van der Waals surface area contributed by atoms with Crippen molar-refractivity contribution in [2.45, 2.75) is 13.5 Å². The SMILES string of the molecule is CCOc1ccsc1C(=O)NCc1ccc(N(C)C)cc1. The number of nitrogens with zero attached hydrogens (tertiary/aromatic N) is 1. The number of carbonyl (C=O) groups is 1. The summed E-state index contributed by atoms with van der Waals surface area (Å²) in [6.07, 6.45) is 0. The first-order chi connectivity index (χ1) is 10.1. The highest BCUT2D eigenvalue weighted by Crippen LogP contribution is 2.24. The molecule has 0 aliphatic rings. The molecular formula is C16H20N2O2S. The Morgan fingerprint density at radius 1 is 1.24 bits per heavy atom. The highest BCUT2D eigenvalue weighted by Gasteiger charge is 2.13. The van der Waals surface area contributed by atoms with Gasteiger partial charge < -0.3 is 15.0 Å². The van der Waals surface area contributed by atoms with Gasteiger partial charge in [-0.2, -0.15) is 0 Å². The minimum atomic E-state index is -0.0925. The van der Waals surface area contributed by atoms with Crippen LogP contribution in [0.15, 0.2) is 35.7 Å². The van der Waals surface area contributed by atoms with Crippen molar-refractivity contribution in [3.05, 3.63) is 46.2 Å². The molecule has 1 aromatic carbocycles. The van der Waals surface area contributed by atoms with E-state index in [1.165, 1.54) is 11.3 Å². The topological polar surface area (TPSA) is 41.6 Å². The van der Waals surface area contributed by atoms with Crippen LogP contribution in [-0.2, 0) is 6.54 Å². The Bertz CT molecular complexity index is 591. The fraction of sp³-hybridized carbons (Fsp3) is 0.312. The van der Waals surface area contributed by atoms with Crippen LogP contribution < -0.4 is 15.0 Å². The van der Waals surface area contributed by atoms with Gasteiger partial charge in [-0.25, -0.2) is 0 Å².